The first-order valence-electron chi connectivity index (χ1n) is 8.94. The van der Waals surface area contributed by atoms with Crippen LogP contribution in [-0.2, 0) is 0 Å². The highest BCUT2D eigenvalue weighted by Crippen LogP contribution is 2.33. The number of likely N-dealkylation sites (N-methyl/N-ethyl adjacent to an activating group) is 1. The molecule has 1 aliphatic rings. The minimum absolute atomic E-state index is 0.526. The highest BCUT2D eigenvalue weighted by atomic mass is 16.5. The van der Waals surface area contributed by atoms with E-state index in [-0.39, 0.29) is 0 Å². The Hall–Kier alpha value is -3.13. The lowest BCUT2D eigenvalue weighted by atomic mass is 10.2. The fourth-order valence-electron chi connectivity index (χ4n) is 3.48. The maximum atomic E-state index is 6.13. The topological polar surface area (TPSA) is 71.9 Å². The van der Waals surface area contributed by atoms with E-state index in [4.69, 9.17) is 9.15 Å². The summed E-state index contributed by atoms with van der Waals surface area (Å²) in [4.78, 5) is 13.7. The molecule has 0 saturated carbocycles. The minimum atomic E-state index is 0.526. The summed E-state index contributed by atoms with van der Waals surface area (Å²) in [5.41, 5.74) is 2.33. The molecular weight excluding hydrogens is 344 g/mol. The van der Waals surface area contributed by atoms with Gasteiger partial charge in [-0.15, -0.1) is 5.10 Å². The van der Waals surface area contributed by atoms with Gasteiger partial charge in [0.2, 0.25) is 5.88 Å². The molecule has 1 fully saturated rings. The van der Waals surface area contributed by atoms with Crippen molar-refractivity contribution in [3.05, 3.63) is 36.7 Å². The van der Waals surface area contributed by atoms with Crippen molar-refractivity contribution in [1.82, 2.24) is 24.5 Å². The predicted molar refractivity (Wildman–Crippen MR) is 102 cm³/mol. The first kappa shape index (κ1) is 16.1. The van der Waals surface area contributed by atoms with Gasteiger partial charge in [-0.05, 0) is 25.2 Å². The molecule has 1 saturated heterocycles. The van der Waals surface area contributed by atoms with E-state index in [0.717, 1.165) is 54.3 Å². The standard InChI is InChI=1S/C19H20N6O2/c1-23-7-9-24(10-8-23)19-13-11-16(27-15(13)5-6-20-19)14-12-21-17-3-4-18(26-2)22-25(14)17/h3-6,11-12H,7-10H2,1-2H3. The van der Waals surface area contributed by atoms with E-state index >= 15 is 0 Å². The number of rotatable bonds is 3. The number of hydrogen-bond donors (Lipinski definition) is 0. The molecule has 4 aromatic heterocycles. The summed E-state index contributed by atoms with van der Waals surface area (Å²) in [5, 5.41) is 5.47. The second kappa shape index (κ2) is 6.24. The lowest BCUT2D eigenvalue weighted by Gasteiger charge is -2.33. The van der Waals surface area contributed by atoms with E-state index in [1.807, 2.05) is 18.2 Å². The third-order valence-corrected chi connectivity index (χ3v) is 5.03. The van der Waals surface area contributed by atoms with Crippen molar-refractivity contribution in [2.75, 3.05) is 45.2 Å². The van der Waals surface area contributed by atoms with E-state index < -0.39 is 0 Å². The van der Waals surface area contributed by atoms with E-state index in [0.29, 0.717) is 11.6 Å². The molecule has 8 nitrogen and oxygen atoms in total. The number of piperazine rings is 1. The Balaban J connectivity index is 1.60. The zero-order valence-corrected chi connectivity index (χ0v) is 15.3. The largest absolute Gasteiger partial charge is 0.480 e. The molecule has 0 aliphatic carbocycles. The molecule has 0 aromatic carbocycles. The number of imidazole rings is 1. The van der Waals surface area contributed by atoms with E-state index in [1.54, 1.807) is 30.1 Å². The SMILES string of the molecule is COc1ccc2ncc(-c3cc4c(N5CCN(C)CC5)nccc4o3)n2n1. The van der Waals surface area contributed by atoms with Crippen LogP contribution >= 0.6 is 0 Å². The average molecular weight is 364 g/mol. The third-order valence-electron chi connectivity index (χ3n) is 5.03. The maximum absolute atomic E-state index is 6.13. The number of ether oxygens (including phenoxy) is 1. The van der Waals surface area contributed by atoms with Gasteiger partial charge in [-0.1, -0.05) is 0 Å². The van der Waals surface area contributed by atoms with Gasteiger partial charge < -0.3 is 19.0 Å². The molecule has 5 rings (SSSR count). The number of fused-ring (bicyclic) bond motifs is 2. The Bertz CT molecular complexity index is 1110. The van der Waals surface area contributed by atoms with Gasteiger partial charge in [-0.3, -0.25) is 0 Å². The Morgan fingerprint density at radius 3 is 2.74 bits per heavy atom. The number of anilines is 1. The van der Waals surface area contributed by atoms with Gasteiger partial charge in [-0.25, -0.2) is 14.5 Å². The Morgan fingerprint density at radius 1 is 1.07 bits per heavy atom. The molecule has 0 amide bonds. The Morgan fingerprint density at radius 2 is 1.93 bits per heavy atom. The van der Waals surface area contributed by atoms with Crippen molar-refractivity contribution in [2.45, 2.75) is 0 Å². The third kappa shape index (κ3) is 2.69. The monoisotopic (exact) mass is 364 g/mol. The van der Waals surface area contributed by atoms with Crippen molar-refractivity contribution >= 4 is 22.4 Å². The number of aromatic nitrogens is 4. The summed E-state index contributed by atoms with van der Waals surface area (Å²) >= 11 is 0. The van der Waals surface area contributed by atoms with Gasteiger partial charge in [0.15, 0.2) is 11.4 Å². The van der Waals surface area contributed by atoms with Crippen LogP contribution in [-0.4, -0.2) is 64.8 Å². The first-order valence-corrected chi connectivity index (χ1v) is 8.94. The highest BCUT2D eigenvalue weighted by Gasteiger charge is 2.20. The van der Waals surface area contributed by atoms with Crippen molar-refractivity contribution in [2.24, 2.45) is 0 Å². The summed E-state index contributed by atoms with van der Waals surface area (Å²) in [5.74, 6) is 2.20. The van der Waals surface area contributed by atoms with Crippen molar-refractivity contribution in [1.29, 1.82) is 0 Å². The molecule has 0 bridgehead atoms. The summed E-state index contributed by atoms with van der Waals surface area (Å²) in [6.07, 6.45) is 3.57. The molecule has 0 unspecified atom stereocenters. The van der Waals surface area contributed by atoms with E-state index in [2.05, 4.69) is 31.9 Å². The lowest BCUT2D eigenvalue weighted by Crippen LogP contribution is -2.44. The summed E-state index contributed by atoms with van der Waals surface area (Å²) in [6, 6.07) is 7.59. The van der Waals surface area contributed by atoms with Crippen LogP contribution in [0.2, 0.25) is 0 Å². The molecule has 0 N–H and O–H groups in total. The molecule has 4 aromatic rings. The van der Waals surface area contributed by atoms with Gasteiger partial charge in [0, 0.05) is 38.4 Å². The predicted octanol–water partition coefficient (Wildman–Crippen LogP) is 2.30. The molecule has 0 radical (unpaired) electrons. The van der Waals surface area contributed by atoms with E-state index in [9.17, 15) is 0 Å². The fourth-order valence-corrected chi connectivity index (χ4v) is 3.48. The van der Waals surface area contributed by atoms with Crippen LogP contribution in [0.5, 0.6) is 5.88 Å². The second-order valence-electron chi connectivity index (χ2n) is 6.74. The number of pyridine rings is 1. The van der Waals surface area contributed by atoms with Crippen LogP contribution in [0.1, 0.15) is 0 Å². The van der Waals surface area contributed by atoms with Crippen molar-refractivity contribution < 1.29 is 9.15 Å². The summed E-state index contributed by atoms with van der Waals surface area (Å²) < 4.78 is 13.1. The minimum Gasteiger partial charge on any atom is -0.480 e. The zero-order chi connectivity index (χ0) is 18.4. The molecule has 0 atom stereocenters. The smallest absolute Gasteiger partial charge is 0.231 e. The van der Waals surface area contributed by atoms with Crippen LogP contribution in [0.25, 0.3) is 28.1 Å². The average Bonchev–Trinajstić information content (AvgIpc) is 3.31. The van der Waals surface area contributed by atoms with Crippen molar-refractivity contribution in [3.8, 4) is 17.3 Å². The molecule has 27 heavy (non-hydrogen) atoms. The Labute approximate surface area is 156 Å². The Kier molecular flexibility index (Phi) is 3.71. The van der Waals surface area contributed by atoms with Gasteiger partial charge in [0.25, 0.3) is 0 Å². The van der Waals surface area contributed by atoms with Crippen LogP contribution in [0.3, 0.4) is 0 Å². The van der Waals surface area contributed by atoms with E-state index in [1.165, 1.54) is 0 Å². The summed E-state index contributed by atoms with van der Waals surface area (Å²) in [7, 11) is 3.74. The van der Waals surface area contributed by atoms with Crippen molar-refractivity contribution in [3.63, 3.8) is 0 Å². The van der Waals surface area contributed by atoms with Crippen LogP contribution in [0.4, 0.5) is 5.82 Å². The van der Waals surface area contributed by atoms with Gasteiger partial charge in [0.1, 0.15) is 17.1 Å². The highest BCUT2D eigenvalue weighted by molar-refractivity contribution is 5.92. The van der Waals surface area contributed by atoms with Gasteiger partial charge in [-0.2, -0.15) is 0 Å². The first-order chi connectivity index (χ1) is 13.2. The molecule has 0 spiro atoms. The number of hydrogen-bond acceptors (Lipinski definition) is 7. The second-order valence-corrected chi connectivity index (χ2v) is 6.74. The number of nitrogens with zero attached hydrogens (tertiary/aromatic N) is 6. The van der Waals surface area contributed by atoms with Gasteiger partial charge in [0.05, 0.1) is 18.7 Å². The van der Waals surface area contributed by atoms with Crippen LogP contribution < -0.4 is 9.64 Å². The quantitative estimate of drug-likeness (QED) is 0.552. The zero-order valence-electron chi connectivity index (χ0n) is 15.3. The molecule has 1 aliphatic heterocycles. The molecule has 138 valence electrons. The molecular formula is C19H20N6O2. The number of methoxy groups -OCH3 is 1. The van der Waals surface area contributed by atoms with Crippen LogP contribution in [0.15, 0.2) is 41.1 Å². The molecule has 8 heteroatoms. The lowest BCUT2D eigenvalue weighted by molar-refractivity contribution is 0.312. The van der Waals surface area contributed by atoms with Crippen LogP contribution in [0, 0.1) is 0 Å². The number of furan rings is 1. The maximum Gasteiger partial charge on any atom is 0.231 e. The molecule has 5 heterocycles. The fraction of sp³-hybridized carbons (Fsp3) is 0.316. The normalized spacial score (nSPS) is 15.7. The summed E-state index contributed by atoms with van der Waals surface area (Å²) in [6.45, 7) is 3.97. The van der Waals surface area contributed by atoms with Gasteiger partial charge >= 0.3 is 0 Å².